The van der Waals surface area contributed by atoms with Gasteiger partial charge in [0.25, 0.3) is 0 Å². The average molecular weight is 442 g/mol. The molecule has 3 rings (SSSR count). The van der Waals surface area contributed by atoms with Crippen LogP contribution in [0.25, 0.3) is 0 Å². The van der Waals surface area contributed by atoms with Crippen LogP contribution in [0.1, 0.15) is 32.8 Å². The summed E-state index contributed by atoms with van der Waals surface area (Å²) in [4.78, 5) is 32.8. The smallest absolute Gasteiger partial charge is 0.412 e. The van der Waals surface area contributed by atoms with Gasteiger partial charge in [-0.3, -0.25) is 14.5 Å². The molecule has 1 unspecified atom stereocenters. The Kier molecular flexibility index (Phi) is 6.93. The zero-order chi connectivity index (χ0) is 23.5. The number of hydrogen-bond donors (Lipinski definition) is 1. The lowest BCUT2D eigenvalue weighted by Gasteiger charge is -2.38. The third kappa shape index (κ3) is 5.31. The van der Waals surface area contributed by atoms with Crippen molar-refractivity contribution in [3.05, 3.63) is 54.1 Å². The highest BCUT2D eigenvalue weighted by Gasteiger charge is 2.32. The van der Waals surface area contributed by atoms with Crippen molar-refractivity contribution >= 4 is 23.4 Å². The summed E-state index contributed by atoms with van der Waals surface area (Å²) >= 11 is 0. The van der Waals surface area contributed by atoms with Gasteiger partial charge in [0.1, 0.15) is 11.9 Å². The lowest BCUT2D eigenvalue weighted by Crippen LogP contribution is -2.46. The predicted molar refractivity (Wildman–Crippen MR) is 123 cm³/mol. The Balaban J connectivity index is 1.96. The summed E-state index contributed by atoms with van der Waals surface area (Å²) in [6.45, 7) is 6.65. The normalized spacial score (nSPS) is 15.5. The number of nitrogens with zero attached hydrogens (tertiary/aromatic N) is 3. The zero-order valence-electron chi connectivity index (χ0n) is 19.2. The number of hydrogen-bond acceptors (Lipinski definition) is 5. The molecule has 8 nitrogen and oxygen atoms in total. The van der Waals surface area contributed by atoms with E-state index in [1.54, 1.807) is 19.2 Å². The van der Waals surface area contributed by atoms with Crippen LogP contribution in [0, 0.1) is 0 Å². The number of benzene rings is 2. The highest BCUT2D eigenvalue weighted by Crippen LogP contribution is 2.39. The maximum atomic E-state index is 12.4. The van der Waals surface area contributed by atoms with Gasteiger partial charge in [0.15, 0.2) is 0 Å². The number of rotatable bonds is 6. The molecule has 0 saturated carbocycles. The second kappa shape index (κ2) is 9.48. The summed E-state index contributed by atoms with van der Waals surface area (Å²) in [6, 6.07) is 15.4. The number of carbonyl (C=O) groups is 2. The standard InChI is InChI=1S/C24H31N3O5/c1-24(2,3)27(23(29)30)18-11-12-21-20(13-18)26(15-17-9-7-6-8-10-17)16-19(32-21)14-22(28)25(4)31-5/h6-13,19H,14-16H2,1-5H3,(H,29,30). The minimum Gasteiger partial charge on any atom is -0.486 e. The van der Waals surface area contributed by atoms with Gasteiger partial charge < -0.3 is 14.7 Å². The van der Waals surface area contributed by atoms with Crippen LogP contribution in [0.2, 0.25) is 0 Å². The van der Waals surface area contributed by atoms with Crippen LogP contribution in [0.3, 0.4) is 0 Å². The molecule has 0 aliphatic carbocycles. The van der Waals surface area contributed by atoms with Gasteiger partial charge in [0.2, 0.25) is 5.91 Å². The summed E-state index contributed by atoms with van der Waals surface area (Å²) in [5, 5.41) is 11.0. The van der Waals surface area contributed by atoms with E-state index < -0.39 is 11.6 Å². The Morgan fingerprint density at radius 2 is 1.88 bits per heavy atom. The van der Waals surface area contributed by atoms with Crippen molar-refractivity contribution in [3.63, 3.8) is 0 Å². The van der Waals surface area contributed by atoms with Crippen LogP contribution < -0.4 is 14.5 Å². The molecule has 2 amide bonds. The lowest BCUT2D eigenvalue weighted by molar-refractivity contribution is -0.170. The molecule has 0 radical (unpaired) electrons. The van der Waals surface area contributed by atoms with Crippen LogP contribution in [-0.4, -0.2) is 54.5 Å². The number of anilines is 2. The number of fused-ring (bicyclic) bond motifs is 1. The van der Waals surface area contributed by atoms with Gasteiger partial charge >= 0.3 is 6.09 Å². The molecule has 0 spiro atoms. The van der Waals surface area contributed by atoms with Gasteiger partial charge in [-0.25, -0.2) is 9.86 Å². The van der Waals surface area contributed by atoms with E-state index >= 15 is 0 Å². The first kappa shape index (κ1) is 23.4. The van der Waals surface area contributed by atoms with E-state index in [1.165, 1.54) is 17.1 Å². The summed E-state index contributed by atoms with van der Waals surface area (Å²) in [5.41, 5.74) is 1.86. The second-order valence-corrected chi connectivity index (χ2v) is 8.82. The minimum atomic E-state index is -1.02. The van der Waals surface area contributed by atoms with Crippen molar-refractivity contribution < 1.29 is 24.3 Å². The minimum absolute atomic E-state index is 0.167. The number of hydroxylamine groups is 2. The van der Waals surface area contributed by atoms with Gasteiger partial charge in [-0.2, -0.15) is 0 Å². The van der Waals surface area contributed by atoms with E-state index in [1.807, 2.05) is 57.2 Å². The first-order valence-electron chi connectivity index (χ1n) is 10.5. The third-order valence-electron chi connectivity index (χ3n) is 5.36. The average Bonchev–Trinajstić information content (AvgIpc) is 2.73. The SMILES string of the molecule is CON(C)C(=O)CC1CN(Cc2ccccc2)c2cc(N(C(=O)O)C(C)(C)C)ccc2O1. The molecule has 8 heteroatoms. The van der Waals surface area contributed by atoms with Crippen molar-refractivity contribution in [2.24, 2.45) is 0 Å². The van der Waals surface area contributed by atoms with Crippen LogP contribution in [0.5, 0.6) is 5.75 Å². The summed E-state index contributed by atoms with van der Waals surface area (Å²) in [5.74, 6) is 0.440. The summed E-state index contributed by atoms with van der Waals surface area (Å²) in [7, 11) is 3.02. The zero-order valence-corrected chi connectivity index (χ0v) is 19.2. The molecule has 2 aromatic rings. The Bertz CT molecular complexity index is 958. The number of carbonyl (C=O) groups excluding carboxylic acids is 1. The van der Waals surface area contributed by atoms with E-state index in [0.717, 1.165) is 11.3 Å². The largest absolute Gasteiger partial charge is 0.486 e. The fraction of sp³-hybridized carbons (Fsp3) is 0.417. The van der Waals surface area contributed by atoms with Gasteiger partial charge in [-0.1, -0.05) is 30.3 Å². The van der Waals surface area contributed by atoms with Gasteiger partial charge in [-0.15, -0.1) is 0 Å². The quantitative estimate of drug-likeness (QED) is 0.679. The monoisotopic (exact) mass is 441 g/mol. The van der Waals surface area contributed by atoms with Crippen LogP contribution in [0.4, 0.5) is 16.2 Å². The molecule has 1 aliphatic rings. The summed E-state index contributed by atoms with van der Waals surface area (Å²) in [6.07, 6.45) is -1.21. The van der Waals surface area contributed by atoms with Gasteiger partial charge in [0, 0.05) is 24.8 Å². The van der Waals surface area contributed by atoms with Crippen molar-refractivity contribution in [1.29, 1.82) is 0 Å². The molecule has 2 aromatic carbocycles. The maximum Gasteiger partial charge on any atom is 0.412 e. The van der Waals surface area contributed by atoms with Crippen molar-refractivity contribution in [2.75, 3.05) is 30.5 Å². The number of carboxylic acid groups (broad SMARTS) is 1. The fourth-order valence-corrected chi connectivity index (χ4v) is 3.82. The Morgan fingerprint density at radius 1 is 1.19 bits per heavy atom. The highest BCUT2D eigenvalue weighted by molar-refractivity contribution is 5.89. The lowest BCUT2D eigenvalue weighted by atomic mass is 10.0. The molecule has 32 heavy (non-hydrogen) atoms. The van der Waals surface area contributed by atoms with E-state index in [2.05, 4.69) is 4.90 Å². The molecule has 1 N–H and O–H groups in total. The number of amides is 2. The Hall–Kier alpha value is -3.26. The van der Waals surface area contributed by atoms with Crippen molar-refractivity contribution in [1.82, 2.24) is 5.06 Å². The van der Waals surface area contributed by atoms with E-state index in [0.29, 0.717) is 24.5 Å². The van der Waals surface area contributed by atoms with Gasteiger partial charge in [0.05, 0.1) is 25.8 Å². The Morgan fingerprint density at radius 3 is 2.47 bits per heavy atom. The van der Waals surface area contributed by atoms with E-state index in [9.17, 15) is 14.7 Å². The molecular weight excluding hydrogens is 410 g/mol. The fourth-order valence-electron chi connectivity index (χ4n) is 3.82. The first-order valence-corrected chi connectivity index (χ1v) is 10.5. The highest BCUT2D eigenvalue weighted by atomic mass is 16.7. The summed E-state index contributed by atoms with van der Waals surface area (Å²) < 4.78 is 6.14. The molecule has 172 valence electrons. The molecule has 1 atom stereocenters. The molecule has 0 fully saturated rings. The maximum absolute atomic E-state index is 12.4. The van der Waals surface area contributed by atoms with Crippen LogP contribution in [0.15, 0.2) is 48.5 Å². The molecular formula is C24H31N3O5. The van der Waals surface area contributed by atoms with Crippen molar-refractivity contribution in [3.8, 4) is 5.75 Å². The third-order valence-corrected chi connectivity index (χ3v) is 5.36. The number of ether oxygens (including phenoxy) is 1. The molecule has 0 saturated heterocycles. The van der Waals surface area contributed by atoms with Crippen LogP contribution >= 0.6 is 0 Å². The first-order chi connectivity index (χ1) is 15.1. The topological polar surface area (TPSA) is 82.6 Å². The Labute approximate surface area is 188 Å². The predicted octanol–water partition coefficient (Wildman–Crippen LogP) is 4.15. The van der Waals surface area contributed by atoms with E-state index in [-0.39, 0.29) is 18.4 Å². The molecule has 1 heterocycles. The van der Waals surface area contributed by atoms with E-state index in [4.69, 9.17) is 9.57 Å². The second-order valence-electron chi connectivity index (χ2n) is 8.82. The van der Waals surface area contributed by atoms with Crippen LogP contribution in [-0.2, 0) is 16.2 Å². The molecule has 0 bridgehead atoms. The molecule has 0 aromatic heterocycles. The van der Waals surface area contributed by atoms with Gasteiger partial charge in [-0.05, 0) is 44.5 Å². The van der Waals surface area contributed by atoms with Crippen molar-refractivity contribution in [2.45, 2.75) is 45.4 Å². The molecule has 1 aliphatic heterocycles.